The van der Waals surface area contributed by atoms with Crippen LogP contribution < -0.4 is 0 Å². The highest BCUT2D eigenvalue weighted by molar-refractivity contribution is 7.95. The number of hydrogen-bond acceptors (Lipinski definition) is 3. The summed E-state index contributed by atoms with van der Waals surface area (Å²) in [5.41, 5.74) is 3.04. The Morgan fingerprint density at radius 1 is 1.14 bits per heavy atom. The van der Waals surface area contributed by atoms with Gasteiger partial charge in [0.15, 0.2) is 0 Å². The van der Waals surface area contributed by atoms with Crippen LogP contribution in [0.25, 0.3) is 0 Å². The molecule has 0 aliphatic carbocycles. The maximum absolute atomic E-state index is 12.8. The van der Waals surface area contributed by atoms with Gasteiger partial charge in [-0.15, -0.1) is 0 Å². The zero-order chi connectivity index (χ0) is 15.7. The van der Waals surface area contributed by atoms with Crippen molar-refractivity contribution in [2.75, 3.05) is 6.61 Å². The van der Waals surface area contributed by atoms with E-state index in [1.54, 1.807) is 24.3 Å². The number of ether oxygens (including phenoxy) is 1. The molecule has 0 saturated carbocycles. The Hall–Kier alpha value is -1.91. The van der Waals surface area contributed by atoms with E-state index in [0.717, 1.165) is 23.1 Å². The van der Waals surface area contributed by atoms with Crippen LogP contribution in [0.15, 0.2) is 64.9 Å². The number of hydrogen-bond donors (Lipinski definition) is 0. The lowest BCUT2D eigenvalue weighted by molar-refractivity contribution is 0.0720. The Bertz CT molecular complexity index is 804. The van der Waals surface area contributed by atoms with Crippen LogP contribution in [0.3, 0.4) is 0 Å². The van der Waals surface area contributed by atoms with Crippen molar-refractivity contribution in [3.8, 4) is 0 Å². The van der Waals surface area contributed by atoms with Gasteiger partial charge in [0, 0.05) is 0 Å². The van der Waals surface area contributed by atoms with E-state index >= 15 is 0 Å². The molecular weight excluding hydrogens is 296 g/mol. The van der Waals surface area contributed by atoms with Gasteiger partial charge in [-0.3, -0.25) is 0 Å². The molecule has 4 heteroatoms. The molecule has 0 bridgehead atoms. The molecule has 1 atom stereocenters. The van der Waals surface area contributed by atoms with Gasteiger partial charge in [0.05, 0.1) is 16.4 Å². The molecule has 2 aromatic carbocycles. The zero-order valence-corrected chi connectivity index (χ0v) is 13.3. The summed E-state index contributed by atoms with van der Waals surface area (Å²) in [5.74, 6) is 0. The van der Waals surface area contributed by atoms with E-state index in [4.69, 9.17) is 4.74 Å². The van der Waals surface area contributed by atoms with E-state index in [-0.39, 0.29) is 9.80 Å². The molecule has 1 heterocycles. The molecule has 2 aromatic rings. The van der Waals surface area contributed by atoms with Gasteiger partial charge in [-0.1, -0.05) is 48.5 Å². The molecule has 1 aliphatic rings. The molecular formula is C18H18O3S. The first-order chi connectivity index (χ1) is 10.5. The molecule has 0 aromatic heterocycles. The monoisotopic (exact) mass is 314 g/mol. The lowest BCUT2D eigenvalue weighted by Gasteiger charge is -2.27. The zero-order valence-electron chi connectivity index (χ0n) is 12.5. The van der Waals surface area contributed by atoms with Crippen LogP contribution in [0, 0.1) is 6.92 Å². The topological polar surface area (TPSA) is 43.4 Å². The molecule has 0 radical (unpaired) electrons. The molecule has 0 amide bonds. The van der Waals surface area contributed by atoms with Crippen molar-refractivity contribution in [3.05, 3.63) is 76.7 Å². The predicted octanol–water partition coefficient (Wildman–Crippen LogP) is 3.60. The summed E-state index contributed by atoms with van der Waals surface area (Å²) in [4.78, 5) is 0.359. The highest BCUT2D eigenvalue weighted by Crippen LogP contribution is 2.36. The first-order valence-corrected chi connectivity index (χ1v) is 8.68. The Morgan fingerprint density at radius 3 is 2.55 bits per heavy atom. The minimum absolute atomic E-state index is 0.100. The van der Waals surface area contributed by atoms with Crippen LogP contribution in [-0.4, -0.2) is 15.0 Å². The molecule has 114 valence electrons. The third-order valence-electron chi connectivity index (χ3n) is 3.96. The number of benzene rings is 2. The molecule has 0 spiro atoms. The van der Waals surface area contributed by atoms with Gasteiger partial charge < -0.3 is 4.74 Å². The van der Waals surface area contributed by atoms with Crippen molar-refractivity contribution in [2.24, 2.45) is 0 Å². The van der Waals surface area contributed by atoms with Crippen LogP contribution in [0.2, 0.25) is 0 Å². The fraction of sp³-hybridized carbons (Fsp3) is 0.222. The van der Waals surface area contributed by atoms with Gasteiger partial charge >= 0.3 is 0 Å². The number of aryl methyl sites for hydroxylation is 1. The van der Waals surface area contributed by atoms with E-state index in [2.05, 4.69) is 6.58 Å². The summed E-state index contributed by atoms with van der Waals surface area (Å²) in [6, 6.07) is 14.6. The normalized spacial score (nSPS) is 17.8. The summed E-state index contributed by atoms with van der Waals surface area (Å²) in [6.45, 7) is 6.26. The van der Waals surface area contributed by atoms with Crippen molar-refractivity contribution in [3.63, 3.8) is 0 Å². The average molecular weight is 314 g/mol. The summed E-state index contributed by atoms with van der Waals surface area (Å²) >= 11 is 0. The standard InChI is InChI=1S/C18H18O3S/c1-13-7-9-16(10-8-13)22(19,20)14(2)18-17-6-4-3-5-15(17)11-12-21-18/h3-10,18H,2,11-12H2,1H3. The quantitative estimate of drug-likeness (QED) is 0.869. The van der Waals surface area contributed by atoms with Crippen LogP contribution in [-0.2, 0) is 21.0 Å². The van der Waals surface area contributed by atoms with Gasteiger partial charge in [-0.2, -0.15) is 0 Å². The lowest BCUT2D eigenvalue weighted by atomic mass is 9.98. The minimum atomic E-state index is -3.62. The minimum Gasteiger partial charge on any atom is -0.368 e. The van der Waals surface area contributed by atoms with Crippen molar-refractivity contribution >= 4 is 9.84 Å². The highest BCUT2D eigenvalue weighted by Gasteiger charge is 2.31. The second kappa shape index (κ2) is 5.71. The predicted molar refractivity (Wildman–Crippen MR) is 86.3 cm³/mol. The third-order valence-corrected chi connectivity index (χ3v) is 5.76. The van der Waals surface area contributed by atoms with Gasteiger partial charge in [0.2, 0.25) is 9.84 Å². The van der Waals surface area contributed by atoms with E-state index in [9.17, 15) is 8.42 Å². The molecule has 1 aliphatic heterocycles. The Morgan fingerprint density at radius 2 is 1.82 bits per heavy atom. The van der Waals surface area contributed by atoms with Crippen molar-refractivity contribution < 1.29 is 13.2 Å². The maximum Gasteiger partial charge on any atom is 0.205 e. The molecule has 1 unspecified atom stereocenters. The molecule has 22 heavy (non-hydrogen) atoms. The second-order valence-electron chi connectivity index (χ2n) is 5.48. The largest absolute Gasteiger partial charge is 0.368 e. The average Bonchev–Trinajstić information content (AvgIpc) is 2.54. The summed E-state index contributed by atoms with van der Waals surface area (Å²) in [6.07, 6.45) is 0.195. The fourth-order valence-corrected chi connectivity index (χ4v) is 3.94. The number of fused-ring (bicyclic) bond motifs is 1. The van der Waals surface area contributed by atoms with Crippen LogP contribution in [0.5, 0.6) is 0 Å². The molecule has 3 nitrogen and oxygen atoms in total. The van der Waals surface area contributed by atoms with E-state index in [1.165, 1.54) is 0 Å². The van der Waals surface area contributed by atoms with Crippen LogP contribution in [0.1, 0.15) is 22.8 Å². The number of sulfone groups is 1. The molecule has 0 saturated heterocycles. The van der Waals surface area contributed by atoms with E-state index < -0.39 is 15.9 Å². The van der Waals surface area contributed by atoms with Crippen molar-refractivity contribution in [1.29, 1.82) is 0 Å². The SMILES string of the molecule is C=C(C1OCCc2ccccc21)S(=O)(=O)c1ccc(C)cc1. The second-order valence-corrected chi connectivity index (χ2v) is 7.49. The molecule has 0 fully saturated rings. The first-order valence-electron chi connectivity index (χ1n) is 7.20. The third kappa shape index (κ3) is 2.60. The van der Waals surface area contributed by atoms with Crippen molar-refractivity contribution in [1.82, 2.24) is 0 Å². The smallest absolute Gasteiger partial charge is 0.205 e. The van der Waals surface area contributed by atoms with Crippen LogP contribution in [0.4, 0.5) is 0 Å². The maximum atomic E-state index is 12.8. The highest BCUT2D eigenvalue weighted by atomic mass is 32.2. The van der Waals surface area contributed by atoms with E-state index in [1.807, 2.05) is 31.2 Å². The van der Waals surface area contributed by atoms with Gasteiger partial charge in [-0.25, -0.2) is 8.42 Å². The van der Waals surface area contributed by atoms with Gasteiger partial charge in [0.25, 0.3) is 0 Å². The summed E-state index contributed by atoms with van der Waals surface area (Å²) in [5, 5.41) is 0. The Labute approximate surface area is 131 Å². The van der Waals surface area contributed by atoms with Crippen LogP contribution >= 0.6 is 0 Å². The van der Waals surface area contributed by atoms with Gasteiger partial charge in [0.1, 0.15) is 6.10 Å². The lowest BCUT2D eigenvalue weighted by Crippen LogP contribution is -2.21. The molecule has 3 rings (SSSR count). The number of rotatable bonds is 3. The van der Waals surface area contributed by atoms with Crippen molar-refractivity contribution in [2.45, 2.75) is 24.3 Å². The van der Waals surface area contributed by atoms with E-state index in [0.29, 0.717) is 6.61 Å². The Balaban J connectivity index is 1.99. The summed E-state index contributed by atoms with van der Waals surface area (Å²) < 4.78 is 31.3. The fourth-order valence-electron chi connectivity index (χ4n) is 2.67. The van der Waals surface area contributed by atoms with Gasteiger partial charge in [-0.05, 0) is 36.6 Å². The molecule has 0 N–H and O–H groups in total. The summed E-state index contributed by atoms with van der Waals surface area (Å²) in [7, 11) is -3.62. The first kappa shape index (κ1) is 15.0. The Kier molecular flexibility index (Phi) is 3.89.